The van der Waals surface area contributed by atoms with Crippen molar-refractivity contribution in [3.05, 3.63) is 23.8 Å². The minimum Gasteiger partial charge on any atom is -0.493 e. The van der Waals surface area contributed by atoms with E-state index in [0.29, 0.717) is 25.4 Å². The number of hydrogen-bond donors (Lipinski definition) is 0. The lowest BCUT2D eigenvalue weighted by atomic mass is 9.96. The summed E-state index contributed by atoms with van der Waals surface area (Å²) < 4.78 is 15.8. The van der Waals surface area contributed by atoms with Crippen molar-refractivity contribution in [2.75, 3.05) is 20.3 Å². The standard InChI is InChI=1S/C13H16O4/c1-3-16-13(14)10-7-9-5-4-6-11(15-2)12(9)17-8-10/h4-6,10H,3,7-8H2,1-2H3. The van der Waals surface area contributed by atoms with Gasteiger partial charge in [0.1, 0.15) is 6.61 Å². The van der Waals surface area contributed by atoms with Crippen LogP contribution >= 0.6 is 0 Å². The molecule has 1 aliphatic heterocycles. The van der Waals surface area contributed by atoms with Crippen molar-refractivity contribution < 1.29 is 19.0 Å². The molecule has 4 heteroatoms. The van der Waals surface area contributed by atoms with E-state index >= 15 is 0 Å². The molecule has 1 aliphatic rings. The van der Waals surface area contributed by atoms with Crippen LogP contribution in [0.3, 0.4) is 0 Å². The van der Waals surface area contributed by atoms with E-state index in [0.717, 1.165) is 11.3 Å². The number of benzene rings is 1. The van der Waals surface area contributed by atoms with Crippen molar-refractivity contribution in [1.82, 2.24) is 0 Å². The molecule has 0 fully saturated rings. The number of para-hydroxylation sites is 1. The molecule has 0 radical (unpaired) electrons. The Hall–Kier alpha value is -1.71. The van der Waals surface area contributed by atoms with Gasteiger partial charge in [-0.2, -0.15) is 0 Å². The minimum atomic E-state index is -0.213. The first-order valence-electron chi connectivity index (χ1n) is 5.71. The van der Waals surface area contributed by atoms with Crippen LogP contribution in [-0.4, -0.2) is 26.3 Å². The zero-order valence-electron chi connectivity index (χ0n) is 10.1. The second-order valence-corrected chi connectivity index (χ2v) is 3.91. The highest BCUT2D eigenvalue weighted by molar-refractivity contribution is 5.73. The smallest absolute Gasteiger partial charge is 0.312 e. The Kier molecular flexibility index (Phi) is 3.52. The maximum atomic E-state index is 11.6. The molecule has 92 valence electrons. The van der Waals surface area contributed by atoms with Gasteiger partial charge in [-0.1, -0.05) is 12.1 Å². The molecule has 0 spiro atoms. The molecule has 0 aliphatic carbocycles. The third-order valence-electron chi connectivity index (χ3n) is 2.80. The number of fused-ring (bicyclic) bond motifs is 1. The Balaban J connectivity index is 2.17. The Bertz CT molecular complexity index is 414. The zero-order chi connectivity index (χ0) is 12.3. The van der Waals surface area contributed by atoms with Crippen molar-refractivity contribution >= 4 is 5.97 Å². The third kappa shape index (κ3) is 2.35. The van der Waals surface area contributed by atoms with Crippen LogP contribution in [0.2, 0.25) is 0 Å². The van der Waals surface area contributed by atoms with Crippen LogP contribution in [0, 0.1) is 5.92 Å². The second kappa shape index (κ2) is 5.08. The minimum absolute atomic E-state index is 0.194. The Morgan fingerprint density at radius 2 is 2.35 bits per heavy atom. The number of esters is 1. The summed E-state index contributed by atoms with van der Waals surface area (Å²) in [6.07, 6.45) is 0.644. The summed E-state index contributed by atoms with van der Waals surface area (Å²) in [5.74, 6) is 1.05. The van der Waals surface area contributed by atoms with Gasteiger partial charge in [0.2, 0.25) is 0 Å². The van der Waals surface area contributed by atoms with Crippen molar-refractivity contribution in [2.24, 2.45) is 5.92 Å². The van der Waals surface area contributed by atoms with E-state index < -0.39 is 0 Å². The quantitative estimate of drug-likeness (QED) is 0.751. The van der Waals surface area contributed by atoms with Gasteiger partial charge in [0.15, 0.2) is 11.5 Å². The number of carbonyl (C=O) groups is 1. The van der Waals surface area contributed by atoms with Crippen LogP contribution in [-0.2, 0) is 16.0 Å². The van der Waals surface area contributed by atoms with Gasteiger partial charge in [-0.3, -0.25) is 4.79 Å². The molecular weight excluding hydrogens is 220 g/mol. The first-order valence-corrected chi connectivity index (χ1v) is 5.71. The molecule has 17 heavy (non-hydrogen) atoms. The van der Waals surface area contributed by atoms with Crippen molar-refractivity contribution in [1.29, 1.82) is 0 Å². The molecule has 2 rings (SSSR count). The molecule has 1 atom stereocenters. The van der Waals surface area contributed by atoms with E-state index in [2.05, 4.69) is 0 Å². The summed E-state index contributed by atoms with van der Waals surface area (Å²) in [7, 11) is 1.61. The summed E-state index contributed by atoms with van der Waals surface area (Å²) in [5.41, 5.74) is 0.994. The van der Waals surface area contributed by atoms with E-state index in [1.807, 2.05) is 18.2 Å². The van der Waals surface area contributed by atoms with Gasteiger partial charge in [-0.05, 0) is 25.0 Å². The van der Waals surface area contributed by atoms with E-state index in [1.165, 1.54) is 0 Å². The number of hydrogen-bond acceptors (Lipinski definition) is 4. The normalized spacial score (nSPS) is 17.9. The molecule has 0 amide bonds. The average molecular weight is 236 g/mol. The molecule has 0 saturated carbocycles. The summed E-state index contributed by atoms with van der Waals surface area (Å²) in [5, 5.41) is 0. The third-order valence-corrected chi connectivity index (χ3v) is 2.80. The summed E-state index contributed by atoms with van der Waals surface area (Å²) in [4.78, 5) is 11.6. The number of carbonyl (C=O) groups excluding carboxylic acids is 1. The van der Waals surface area contributed by atoms with Gasteiger partial charge in [0.25, 0.3) is 0 Å². The van der Waals surface area contributed by atoms with Gasteiger partial charge in [0, 0.05) is 0 Å². The average Bonchev–Trinajstić information content (AvgIpc) is 2.37. The fourth-order valence-corrected chi connectivity index (χ4v) is 1.97. The van der Waals surface area contributed by atoms with Crippen molar-refractivity contribution in [3.63, 3.8) is 0 Å². The van der Waals surface area contributed by atoms with Gasteiger partial charge in [-0.25, -0.2) is 0 Å². The SMILES string of the molecule is CCOC(=O)C1COc2c(cccc2OC)C1. The predicted molar refractivity (Wildman–Crippen MR) is 62.3 cm³/mol. The van der Waals surface area contributed by atoms with Crippen LogP contribution in [0.5, 0.6) is 11.5 Å². The number of ether oxygens (including phenoxy) is 3. The van der Waals surface area contributed by atoms with Crippen LogP contribution in [0.4, 0.5) is 0 Å². The number of methoxy groups -OCH3 is 1. The lowest BCUT2D eigenvalue weighted by Gasteiger charge is -2.25. The van der Waals surface area contributed by atoms with Gasteiger partial charge in [0.05, 0.1) is 19.6 Å². The fraction of sp³-hybridized carbons (Fsp3) is 0.462. The molecule has 4 nitrogen and oxygen atoms in total. The van der Waals surface area contributed by atoms with Crippen molar-refractivity contribution in [3.8, 4) is 11.5 Å². The van der Waals surface area contributed by atoms with Gasteiger partial charge in [-0.15, -0.1) is 0 Å². The largest absolute Gasteiger partial charge is 0.493 e. The van der Waals surface area contributed by atoms with Crippen molar-refractivity contribution in [2.45, 2.75) is 13.3 Å². The summed E-state index contributed by atoms with van der Waals surface area (Å²) in [6.45, 7) is 2.56. The highest BCUT2D eigenvalue weighted by atomic mass is 16.5. The molecule has 0 saturated heterocycles. The Morgan fingerprint density at radius 3 is 3.06 bits per heavy atom. The van der Waals surface area contributed by atoms with E-state index in [-0.39, 0.29) is 11.9 Å². The fourth-order valence-electron chi connectivity index (χ4n) is 1.97. The zero-order valence-corrected chi connectivity index (χ0v) is 10.1. The molecular formula is C13H16O4. The first-order chi connectivity index (χ1) is 8.26. The molecule has 1 aromatic carbocycles. The van der Waals surface area contributed by atoms with Crippen LogP contribution in [0.25, 0.3) is 0 Å². The van der Waals surface area contributed by atoms with E-state index in [9.17, 15) is 4.79 Å². The second-order valence-electron chi connectivity index (χ2n) is 3.91. The molecule has 0 N–H and O–H groups in total. The lowest BCUT2D eigenvalue weighted by molar-refractivity contribution is -0.149. The molecule has 1 unspecified atom stereocenters. The molecule has 1 aromatic rings. The van der Waals surface area contributed by atoms with E-state index in [1.54, 1.807) is 14.0 Å². The molecule has 0 aromatic heterocycles. The highest BCUT2D eigenvalue weighted by Crippen LogP contribution is 2.36. The Morgan fingerprint density at radius 1 is 1.53 bits per heavy atom. The maximum absolute atomic E-state index is 11.6. The Labute approximate surface area is 100 Å². The topological polar surface area (TPSA) is 44.8 Å². The lowest BCUT2D eigenvalue weighted by Crippen LogP contribution is -2.29. The predicted octanol–water partition coefficient (Wildman–Crippen LogP) is 1.81. The first kappa shape index (κ1) is 11.8. The van der Waals surface area contributed by atoms with Crippen LogP contribution < -0.4 is 9.47 Å². The summed E-state index contributed by atoms with van der Waals surface area (Å²) >= 11 is 0. The molecule has 1 heterocycles. The monoisotopic (exact) mass is 236 g/mol. The summed E-state index contributed by atoms with van der Waals surface area (Å²) in [6, 6.07) is 5.70. The maximum Gasteiger partial charge on any atom is 0.312 e. The van der Waals surface area contributed by atoms with Gasteiger partial charge >= 0.3 is 5.97 Å². The van der Waals surface area contributed by atoms with Crippen LogP contribution in [0.15, 0.2) is 18.2 Å². The van der Waals surface area contributed by atoms with Crippen LogP contribution in [0.1, 0.15) is 12.5 Å². The van der Waals surface area contributed by atoms with Gasteiger partial charge < -0.3 is 14.2 Å². The number of rotatable bonds is 3. The highest BCUT2D eigenvalue weighted by Gasteiger charge is 2.28. The van der Waals surface area contributed by atoms with E-state index in [4.69, 9.17) is 14.2 Å². The molecule has 0 bridgehead atoms.